The fourth-order valence-corrected chi connectivity index (χ4v) is 6.69. The van der Waals surface area contributed by atoms with Crippen LogP contribution >= 0.6 is 11.3 Å². The van der Waals surface area contributed by atoms with E-state index in [1.54, 1.807) is 16.2 Å². The average Bonchev–Trinajstić information content (AvgIpc) is 3.57. The van der Waals surface area contributed by atoms with Crippen molar-refractivity contribution in [3.8, 4) is 0 Å². The van der Waals surface area contributed by atoms with Crippen molar-refractivity contribution < 1.29 is 19.1 Å². The number of fused-ring (bicyclic) bond motifs is 1. The average molecular weight is 498 g/mol. The van der Waals surface area contributed by atoms with Crippen LogP contribution in [-0.2, 0) is 25.7 Å². The Balaban J connectivity index is 1.41. The first-order valence-corrected chi connectivity index (χ1v) is 13.6. The maximum Gasteiger partial charge on any atom is 0.246 e. The Morgan fingerprint density at radius 3 is 2.77 bits per heavy atom. The van der Waals surface area contributed by atoms with Crippen LogP contribution in [0.25, 0.3) is 0 Å². The van der Waals surface area contributed by atoms with Crippen molar-refractivity contribution in [2.75, 3.05) is 6.54 Å². The first-order valence-electron chi connectivity index (χ1n) is 12.7. The van der Waals surface area contributed by atoms with Gasteiger partial charge in [0.05, 0.1) is 24.5 Å². The van der Waals surface area contributed by atoms with Gasteiger partial charge in [-0.05, 0) is 64.3 Å². The van der Waals surface area contributed by atoms with E-state index >= 15 is 0 Å². The van der Waals surface area contributed by atoms with E-state index in [9.17, 15) is 14.4 Å². The van der Waals surface area contributed by atoms with E-state index in [0.29, 0.717) is 13.1 Å². The predicted molar refractivity (Wildman–Crippen MR) is 134 cm³/mol. The number of likely N-dealkylation sites (tertiary alicyclic amines) is 1. The summed E-state index contributed by atoms with van der Waals surface area (Å²) in [5.74, 6) is -1.91. The topological polar surface area (TPSA) is 87.7 Å². The summed E-state index contributed by atoms with van der Waals surface area (Å²) in [5, 5.41) is 8.04. The summed E-state index contributed by atoms with van der Waals surface area (Å²) < 4.78 is 6.39. The van der Waals surface area contributed by atoms with E-state index in [1.807, 2.05) is 50.4 Å². The molecular formula is C27H35N3O4S. The molecule has 1 spiro atoms. The number of carbonyl (C=O) groups excluding carboxylic acids is 3. The number of thiophene rings is 1. The molecule has 2 saturated heterocycles. The quantitative estimate of drug-likeness (QED) is 0.566. The molecule has 8 heteroatoms. The zero-order valence-corrected chi connectivity index (χ0v) is 21.5. The maximum absolute atomic E-state index is 13.9. The first-order chi connectivity index (χ1) is 16.7. The van der Waals surface area contributed by atoms with Gasteiger partial charge < -0.3 is 20.3 Å². The number of ether oxygens (including phenoxy) is 1. The summed E-state index contributed by atoms with van der Waals surface area (Å²) in [7, 11) is 0. The van der Waals surface area contributed by atoms with Crippen LogP contribution in [0, 0.1) is 11.8 Å². The number of nitrogens with zero attached hydrogens (tertiary/aromatic N) is 1. The van der Waals surface area contributed by atoms with Crippen molar-refractivity contribution in [2.45, 2.75) is 82.7 Å². The van der Waals surface area contributed by atoms with Crippen molar-refractivity contribution in [2.24, 2.45) is 11.8 Å². The standard InChI is InChI=1S/C27H35N3O4S/c1-26(2,3)29-24(32)22-27-13-11-19(34-27)20(23(31)28-16-18-10-7-15-35-18)21(27)25(33)30(22)14-12-17-8-5-4-6-9-17/h7-8,10-11,13,15,19-22H,4-6,9,12,14,16H2,1-3H3,(H,28,31)(H,29,32)/t19-,20+,21-,22+,27-/m1/s1. The highest BCUT2D eigenvalue weighted by Gasteiger charge is 2.72. The number of nitrogens with one attached hydrogen (secondary N) is 2. The molecule has 0 saturated carbocycles. The molecule has 4 aliphatic rings. The molecule has 35 heavy (non-hydrogen) atoms. The molecule has 5 atom stereocenters. The van der Waals surface area contributed by atoms with E-state index in [2.05, 4.69) is 16.7 Å². The van der Waals surface area contributed by atoms with E-state index < -0.39 is 35.1 Å². The smallest absolute Gasteiger partial charge is 0.246 e. The zero-order valence-electron chi connectivity index (χ0n) is 20.7. The van der Waals surface area contributed by atoms with Gasteiger partial charge in [-0.2, -0.15) is 0 Å². The van der Waals surface area contributed by atoms with Crippen molar-refractivity contribution in [3.05, 3.63) is 46.2 Å². The molecule has 1 aromatic rings. The highest BCUT2D eigenvalue weighted by molar-refractivity contribution is 7.09. The van der Waals surface area contributed by atoms with Gasteiger partial charge in [0, 0.05) is 17.0 Å². The van der Waals surface area contributed by atoms with Crippen LogP contribution in [0.15, 0.2) is 41.3 Å². The van der Waals surface area contributed by atoms with Crippen molar-refractivity contribution >= 4 is 29.1 Å². The second-order valence-electron chi connectivity index (χ2n) is 11.1. The van der Waals surface area contributed by atoms with E-state index in [1.165, 1.54) is 18.4 Å². The molecule has 2 fully saturated rings. The Bertz CT molecular complexity index is 1060. The summed E-state index contributed by atoms with van der Waals surface area (Å²) in [6.45, 7) is 6.66. The largest absolute Gasteiger partial charge is 0.359 e. The second kappa shape index (κ2) is 9.21. The Morgan fingerprint density at radius 1 is 1.26 bits per heavy atom. The van der Waals surface area contributed by atoms with Crippen molar-refractivity contribution in [3.63, 3.8) is 0 Å². The highest BCUT2D eigenvalue weighted by atomic mass is 32.1. The first kappa shape index (κ1) is 24.3. The fraction of sp³-hybridized carbons (Fsp3) is 0.593. The molecular weight excluding hydrogens is 462 g/mol. The molecule has 1 aliphatic carbocycles. The third-order valence-corrected chi connectivity index (χ3v) is 8.38. The molecule has 188 valence electrons. The van der Waals surface area contributed by atoms with Gasteiger partial charge in [-0.15, -0.1) is 11.3 Å². The monoisotopic (exact) mass is 497 g/mol. The molecule has 3 aliphatic heterocycles. The minimum absolute atomic E-state index is 0.154. The summed E-state index contributed by atoms with van der Waals surface area (Å²) in [4.78, 5) is 43.6. The molecule has 3 amide bonds. The van der Waals surface area contributed by atoms with E-state index in [4.69, 9.17) is 4.74 Å². The molecule has 1 aromatic heterocycles. The van der Waals surface area contributed by atoms with Gasteiger partial charge in [0.25, 0.3) is 0 Å². The number of allylic oxidation sites excluding steroid dienone is 1. The number of hydrogen-bond acceptors (Lipinski definition) is 5. The summed E-state index contributed by atoms with van der Waals surface area (Å²) >= 11 is 1.58. The number of amides is 3. The van der Waals surface area contributed by atoms with Gasteiger partial charge in [-0.1, -0.05) is 29.9 Å². The van der Waals surface area contributed by atoms with Crippen LogP contribution in [0.2, 0.25) is 0 Å². The van der Waals surface area contributed by atoms with E-state index in [-0.39, 0.29) is 17.7 Å². The molecule has 0 unspecified atom stereocenters. The van der Waals surface area contributed by atoms with Gasteiger partial charge in [0.15, 0.2) is 0 Å². The van der Waals surface area contributed by atoms with Crippen LogP contribution in [0.1, 0.15) is 57.8 Å². The minimum Gasteiger partial charge on any atom is -0.359 e. The lowest BCUT2D eigenvalue weighted by molar-refractivity contribution is -0.142. The van der Waals surface area contributed by atoms with Crippen molar-refractivity contribution in [1.82, 2.24) is 15.5 Å². The number of carbonyl (C=O) groups is 3. The molecule has 2 N–H and O–H groups in total. The van der Waals surface area contributed by atoms with Gasteiger partial charge in [-0.25, -0.2) is 0 Å². The van der Waals surface area contributed by atoms with Crippen molar-refractivity contribution in [1.29, 1.82) is 0 Å². The predicted octanol–water partition coefficient (Wildman–Crippen LogP) is 3.32. The molecule has 2 bridgehead atoms. The third kappa shape index (κ3) is 4.47. The van der Waals surface area contributed by atoms with Crippen LogP contribution in [0.3, 0.4) is 0 Å². The Morgan fingerprint density at radius 2 is 2.09 bits per heavy atom. The second-order valence-corrected chi connectivity index (χ2v) is 12.2. The van der Waals surface area contributed by atoms with Gasteiger partial charge in [0.1, 0.15) is 11.6 Å². The van der Waals surface area contributed by atoms with Gasteiger partial charge in [-0.3, -0.25) is 14.4 Å². The highest BCUT2D eigenvalue weighted by Crippen LogP contribution is 2.55. The molecule has 0 radical (unpaired) electrons. The summed E-state index contributed by atoms with van der Waals surface area (Å²) in [5.41, 5.74) is -0.215. The number of rotatable bonds is 7. The Kier molecular flexibility index (Phi) is 6.38. The lowest BCUT2D eigenvalue weighted by Gasteiger charge is -2.34. The van der Waals surface area contributed by atoms with Crippen LogP contribution in [0.4, 0.5) is 0 Å². The van der Waals surface area contributed by atoms with E-state index in [0.717, 1.165) is 24.1 Å². The molecule has 4 heterocycles. The number of hydrogen-bond donors (Lipinski definition) is 2. The summed E-state index contributed by atoms with van der Waals surface area (Å²) in [6.07, 6.45) is 10.7. The fourth-order valence-electron chi connectivity index (χ4n) is 6.05. The van der Waals surface area contributed by atoms with Crippen LogP contribution in [-0.4, -0.2) is 52.5 Å². The molecule has 7 nitrogen and oxygen atoms in total. The lowest BCUT2D eigenvalue weighted by Crippen LogP contribution is -2.58. The lowest BCUT2D eigenvalue weighted by atomic mass is 9.74. The van der Waals surface area contributed by atoms with Crippen LogP contribution in [0.5, 0.6) is 0 Å². The van der Waals surface area contributed by atoms with Gasteiger partial charge >= 0.3 is 0 Å². The SMILES string of the molecule is CC(C)(C)NC(=O)[C@@H]1N(CCC2=CCCCC2)C(=O)[C@H]2[C@@H](C(=O)NCc3cccs3)[C@H]3C=C[C@]12O3. The Hall–Kier alpha value is -2.45. The minimum atomic E-state index is -1.11. The molecule has 0 aromatic carbocycles. The van der Waals surface area contributed by atoms with Gasteiger partial charge in [0.2, 0.25) is 17.7 Å². The third-order valence-electron chi connectivity index (χ3n) is 7.50. The maximum atomic E-state index is 13.9. The normalized spacial score (nSPS) is 31.5. The molecule has 5 rings (SSSR count). The Labute approximate surface area is 211 Å². The van der Waals surface area contributed by atoms with Crippen LogP contribution < -0.4 is 10.6 Å². The zero-order chi connectivity index (χ0) is 24.8. The summed E-state index contributed by atoms with van der Waals surface area (Å²) in [6, 6.07) is 3.13.